The van der Waals surface area contributed by atoms with Gasteiger partial charge in [0.2, 0.25) is 0 Å². The van der Waals surface area contributed by atoms with Gasteiger partial charge in [-0.2, -0.15) is 55.9 Å². The molecule has 0 aliphatic heterocycles. The van der Waals surface area contributed by atoms with Gasteiger partial charge in [-0.1, -0.05) is 41.5 Å². The van der Waals surface area contributed by atoms with Crippen molar-refractivity contribution in [2.24, 2.45) is 0 Å². The predicted octanol–water partition coefficient (Wildman–Crippen LogP) is -5.35. The number of hydrogen-bond acceptors (Lipinski definition) is 0. The molecule has 116 valence electrons. The summed E-state index contributed by atoms with van der Waals surface area (Å²) in [4.78, 5) is 0. The van der Waals surface area contributed by atoms with E-state index < -0.39 is 0 Å². The molecule has 0 saturated heterocycles. The van der Waals surface area contributed by atoms with Gasteiger partial charge in [-0.05, 0) is 20.5 Å². The largest absolute Gasteiger partial charge is 4.00 e. The van der Waals surface area contributed by atoms with Gasteiger partial charge in [0, 0.05) is 0 Å². The van der Waals surface area contributed by atoms with Crippen LogP contribution in [0.5, 0.6) is 0 Å². The maximum Gasteiger partial charge on any atom is 4.00 e. The normalized spacial score (nSPS) is 9.05. The molecule has 0 aromatic heterocycles. The molecule has 2 aromatic carbocycles. The molecule has 0 heterocycles. The van der Waals surface area contributed by atoms with Crippen molar-refractivity contribution in [1.29, 1.82) is 0 Å². The summed E-state index contributed by atoms with van der Waals surface area (Å²) in [6, 6.07) is 4.60. The van der Waals surface area contributed by atoms with E-state index in [0.29, 0.717) is 0 Å². The fraction of sp³-hybridized carbons (Fsp3) is 0.375. The Kier molecular flexibility index (Phi) is 14.1. The smallest absolute Gasteiger partial charge is 1.00 e. The molecule has 0 spiro atoms. The van der Waals surface area contributed by atoms with Crippen molar-refractivity contribution in [3.8, 4) is 0 Å². The zero-order chi connectivity index (χ0) is 14.0. The summed E-state index contributed by atoms with van der Waals surface area (Å²) in [5, 5.41) is 3.12. The second-order valence-corrected chi connectivity index (χ2v) is 7.68. The molecule has 0 unspecified atom stereocenters. The minimum absolute atomic E-state index is 0. The van der Waals surface area contributed by atoms with Gasteiger partial charge in [0.25, 0.3) is 0 Å². The van der Waals surface area contributed by atoms with E-state index in [1.165, 1.54) is 53.9 Å². The van der Waals surface area contributed by atoms with Crippen molar-refractivity contribution in [2.75, 3.05) is 0 Å². The standard InChI is InChI=1S/2C8H13Si.2ClH.Hf/c2*1-5-4-8(9)7(3)6(5)2;;;/h2*4H,1-3,9H3;2*1H;/q2*-1;;;+4/p-2. The fourth-order valence-corrected chi connectivity index (χ4v) is 3.88. The summed E-state index contributed by atoms with van der Waals surface area (Å²) in [6.45, 7) is 13.2. The molecule has 2 aromatic rings. The van der Waals surface area contributed by atoms with E-state index >= 15 is 0 Å². The minimum atomic E-state index is 0. The number of halogens is 2. The Morgan fingerprint density at radius 2 is 0.905 bits per heavy atom. The zero-order valence-corrected chi connectivity index (χ0v) is 23.5. The Bertz CT molecular complexity index is 462. The molecule has 2 rings (SSSR count). The molecule has 0 aliphatic rings. The molecular weight excluding hydrogens is 498 g/mol. The van der Waals surface area contributed by atoms with Crippen molar-refractivity contribution in [3.05, 3.63) is 45.5 Å². The Hall–Kier alpha value is 0.584. The van der Waals surface area contributed by atoms with Gasteiger partial charge in [-0.3, -0.25) is 0 Å². The first-order valence-corrected chi connectivity index (χ1v) is 8.65. The van der Waals surface area contributed by atoms with Crippen LogP contribution in [-0.4, -0.2) is 20.5 Å². The average molecular weight is 524 g/mol. The van der Waals surface area contributed by atoms with Crippen molar-refractivity contribution in [2.45, 2.75) is 41.5 Å². The van der Waals surface area contributed by atoms with Crippen molar-refractivity contribution in [1.82, 2.24) is 0 Å². The third-order valence-electron chi connectivity index (χ3n) is 4.36. The van der Waals surface area contributed by atoms with Crippen LogP contribution >= 0.6 is 0 Å². The molecule has 21 heavy (non-hydrogen) atoms. The second-order valence-electron chi connectivity index (χ2n) is 5.52. The van der Waals surface area contributed by atoms with E-state index in [-0.39, 0.29) is 50.7 Å². The fourth-order valence-electron chi connectivity index (χ4n) is 2.27. The van der Waals surface area contributed by atoms with Crippen LogP contribution in [0.25, 0.3) is 0 Å². The SMILES string of the molecule is Cc1c[c-]([SiH3])c(C)c1C.Cc1c[c-]([SiH3])c(C)c1C.[Cl-].[Cl-].[Hf+4]. The van der Waals surface area contributed by atoms with E-state index in [1.54, 1.807) is 10.4 Å². The van der Waals surface area contributed by atoms with Crippen LogP contribution in [0.2, 0.25) is 0 Å². The number of rotatable bonds is 0. The molecule has 0 saturated carbocycles. The third kappa shape index (κ3) is 6.70. The van der Waals surface area contributed by atoms with Gasteiger partial charge in [0.05, 0.1) is 0 Å². The van der Waals surface area contributed by atoms with E-state index in [4.69, 9.17) is 0 Å². The molecular formula is C16H26Cl2HfSi2. The number of aryl methyl sites for hydroxylation is 2. The molecule has 5 heteroatoms. The topological polar surface area (TPSA) is 0 Å². The third-order valence-corrected chi connectivity index (χ3v) is 6.43. The van der Waals surface area contributed by atoms with Crippen LogP contribution in [-0.2, 0) is 25.8 Å². The molecule has 0 radical (unpaired) electrons. The first-order chi connectivity index (χ1) is 8.25. The van der Waals surface area contributed by atoms with Crippen LogP contribution in [0, 0.1) is 41.5 Å². The number of hydrogen-bond donors (Lipinski definition) is 0. The van der Waals surface area contributed by atoms with Gasteiger partial charge in [-0.25, -0.2) is 0 Å². The molecule has 0 amide bonds. The van der Waals surface area contributed by atoms with Gasteiger partial charge < -0.3 is 24.8 Å². The van der Waals surface area contributed by atoms with Gasteiger partial charge in [-0.15, -0.1) is 0 Å². The molecule has 0 aliphatic carbocycles. The Morgan fingerprint density at radius 3 is 0.952 bits per heavy atom. The van der Waals surface area contributed by atoms with E-state index in [1.807, 2.05) is 0 Å². The quantitative estimate of drug-likeness (QED) is 0.239. The zero-order valence-electron chi connectivity index (χ0n) is 14.4. The maximum atomic E-state index is 2.30. The first-order valence-electron chi connectivity index (χ1n) is 6.65. The molecule has 0 bridgehead atoms. The first kappa shape index (κ1) is 26.5. The van der Waals surface area contributed by atoms with Gasteiger partial charge in [0.15, 0.2) is 0 Å². The summed E-state index contributed by atoms with van der Waals surface area (Å²) >= 11 is 0. The van der Waals surface area contributed by atoms with E-state index in [2.05, 4.69) is 53.7 Å². The van der Waals surface area contributed by atoms with Crippen molar-refractivity contribution < 1.29 is 50.7 Å². The summed E-state index contributed by atoms with van der Waals surface area (Å²) < 4.78 is 0. The van der Waals surface area contributed by atoms with Crippen LogP contribution < -0.4 is 35.2 Å². The monoisotopic (exact) mass is 524 g/mol. The second kappa shape index (κ2) is 11.2. The van der Waals surface area contributed by atoms with Gasteiger partial charge in [0.1, 0.15) is 0 Å². The molecule has 0 nitrogen and oxygen atoms in total. The predicted molar refractivity (Wildman–Crippen MR) is 91.6 cm³/mol. The Balaban J connectivity index is -0.000000270. The van der Waals surface area contributed by atoms with E-state index in [9.17, 15) is 0 Å². The summed E-state index contributed by atoms with van der Waals surface area (Å²) in [7, 11) is 2.39. The van der Waals surface area contributed by atoms with E-state index in [0.717, 1.165) is 0 Å². The van der Waals surface area contributed by atoms with Crippen LogP contribution in [0.4, 0.5) is 0 Å². The summed E-state index contributed by atoms with van der Waals surface area (Å²) in [6.07, 6.45) is 0. The molecule has 0 atom stereocenters. The minimum Gasteiger partial charge on any atom is -1.00 e. The van der Waals surface area contributed by atoms with Crippen LogP contribution in [0.3, 0.4) is 0 Å². The average Bonchev–Trinajstić information content (AvgIpc) is 2.66. The van der Waals surface area contributed by atoms with Crippen molar-refractivity contribution in [3.63, 3.8) is 0 Å². The Morgan fingerprint density at radius 1 is 0.667 bits per heavy atom. The van der Waals surface area contributed by atoms with Gasteiger partial charge >= 0.3 is 25.8 Å². The van der Waals surface area contributed by atoms with Crippen molar-refractivity contribution >= 4 is 30.9 Å². The van der Waals surface area contributed by atoms with Crippen LogP contribution in [0.15, 0.2) is 12.1 Å². The summed E-state index contributed by atoms with van der Waals surface area (Å²) in [5.41, 5.74) is 8.91. The maximum absolute atomic E-state index is 2.30. The Labute approximate surface area is 167 Å². The van der Waals surface area contributed by atoms with Crippen LogP contribution in [0.1, 0.15) is 33.4 Å². The summed E-state index contributed by atoms with van der Waals surface area (Å²) in [5.74, 6) is 0. The molecule has 0 N–H and O–H groups in total. The molecule has 0 fully saturated rings.